The highest BCUT2D eigenvalue weighted by Gasteiger charge is 2.19. The molecule has 0 heterocycles. The Morgan fingerprint density at radius 3 is 2.40 bits per heavy atom. The van der Waals surface area contributed by atoms with Crippen molar-refractivity contribution in [2.75, 3.05) is 13.7 Å². The van der Waals surface area contributed by atoms with Crippen molar-refractivity contribution in [3.05, 3.63) is 70.8 Å². The molecular weight excluding hydrogens is 378 g/mol. The number of fused-ring (bicyclic) bond motifs is 1. The summed E-state index contributed by atoms with van der Waals surface area (Å²) >= 11 is 0. The number of carbonyl (C=O) groups excluding carboxylic acids is 3. The Hall–Kier alpha value is -2.95. The van der Waals surface area contributed by atoms with Crippen molar-refractivity contribution >= 4 is 17.7 Å². The lowest BCUT2D eigenvalue weighted by atomic mass is 9.89. The number of carbonyl (C=O) groups is 3. The van der Waals surface area contributed by atoms with Gasteiger partial charge in [0.2, 0.25) is 0 Å². The molecule has 0 aliphatic heterocycles. The van der Waals surface area contributed by atoms with E-state index in [2.05, 4.69) is 0 Å². The van der Waals surface area contributed by atoms with Gasteiger partial charge in [0.1, 0.15) is 0 Å². The molecule has 0 saturated heterocycles. The molecule has 3 rings (SSSR count). The van der Waals surface area contributed by atoms with Crippen molar-refractivity contribution in [1.29, 1.82) is 0 Å². The van der Waals surface area contributed by atoms with E-state index in [1.807, 2.05) is 55.5 Å². The second-order valence-corrected chi connectivity index (χ2v) is 7.87. The van der Waals surface area contributed by atoms with Crippen LogP contribution in [0.25, 0.3) is 0 Å². The Morgan fingerprint density at radius 1 is 0.967 bits per heavy atom. The highest BCUT2D eigenvalue weighted by atomic mass is 16.5. The first-order valence-electron chi connectivity index (χ1n) is 10.6. The molecule has 0 aromatic heterocycles. The van der Waals surface area contributed by atoms with E-state index >= 15 is 0 Å². The molecular formula is C25H29NO4. The molecule has 2 aromatic carbocycles. The Labute approximate surface area is 178 Å². The van der Waals surface area contributed by atoms with Gasteiger partial charge in [0.15, 0.2) is 12.4 Å². The van der Waals surface area contributed by atoms with E-state index in [1.165, 1.54) is 17.5 Å². The number of hydrogen-bond acceptors (Lipinski definition) is 4. The standard InChI is InChI=1S/C25H29NO4/c1-18(19-8-4-3-5-9-19)26(2)24(28)17-30-25(29)15-14-23(27)22-13-12-20-10-6-7-11-21(20)16-22/h3-5,8-9,12-13,16,18H,6-7,10-11,14-15,17H2,1-2H3/t18-/m1/s1. The van der Waals surface area contributed by atoms with Crippen LogP contribution in [0, 0.1) is 0 Å². The van der Waals surface area contributed by atoms with Gasteiger partial charge >= 0.3 is 5.97 Å². The van der Waals surface area contributed by atoms with Gasteiger partial charge in [-0.3, -0.25) is 14.4 Å². The van der Waals surface area contributed by atoms with Gasteiger partial charge in [-0.2, -0.15) is 0 Å². The Balaban J connectivity index is 1.44. The smallest absolute Gasteiger partial charge is 0.306 e. The zero-order valence-electron chi connectivity index (χ0n) is 17.7. The molecule has 30 heavy (non-hydrogen) atoms. The minimum atomic E-state index is -0.532. The maximum Gasteiger partial charge on any atom is 0.306 e. The first-order chi connectivity index (χ1) is 14.5. The second-order valence-electron chi connectivity index (χ2n) is 7.87. The van der Waals surface area contributed by atoms with Crippen LogP contribution in [0.15, 0.2) is 48.5 Å². The minimum absolute atomic E-state index is 0.0266. The lowest BCUT2D eigenvalue weighted by molar-refractivity contribution is -0.152. The lowest BCUT2D eigenvalue weighted by Gasteiger charge is -2.25. The van der Waals surface area contributed by atoms with Crippen LogP contribution in [0.3, 0.4) is 0 Å². The maximum absolute atomic E-state index is 12.4. The van der Waals surface area contributed by atoms with E-state index in [0.717, 1.165) is 24.8 Å². The van der Waals surface area contributed by atoms with Crippen molar-refractivity contribution in [3.8, 4) is 0 Å². The van der Waals surface area contributed by atoms with Gasteiger partial charge in [-0.25, -0.2) is 0 Å². The summed E-state index contributed by atoms with van der Waals surface area (Å²) in [4.78, 5) is 38.4. The summed E-state index contributed by atoms with van der Waals surface area (Å²) in [6.07, 6.45) is 4.49. The number of hydrogen-bond donors (Lipinski definition) is 0. The summed E-state index contributed by atoms with van der Waals surface area (Å²) in [7, 11) is 1.69. The lowest BCUT2D eigenvalue weighted by Crippen LogP contribution is -2.33. The van der Waals surface area contributed by atoms with Gasteiger partial charge in [-0.15, -0.1) is 0 Å². The molecule has 1 aliphatic rings. The molecule has 1 aliphatic carbocycles. The summed E-state index contributed by atoms with van der Waals surface area (Å²) in [6, 6.07) is 15.4. The summed E-state index contributed by atoms with van der Waals surface area (Å²) < 4.78 is 5.11. The molecule has 2 aromatic rings. The number of aryl methyl sites for hydroxylation is 2. The van der Waals surface area contributed by atoms with Crippen LogP contribution in [0.4, 0.5) is 0 Å². The molecule has 0 bridgehead atoms. The van der Waals surface area contributed by atoms with E-state index < -0.39 is 5.97 Å². The third-order valence-corrected chi connectivity index (χ3v) is 5.84. The van der Waals surface area contributed by atoms with Gasteiger partial charge in [0, 0.05) is 19.0 Å². The summed E-state index contributed by atoms with van der Waals surface area (Å²) in [5.41, 5.74) is 4.23. The second kappa shape index (κ2) is 10.2. The molecule has 5 heteroatoms. The monoisotopic (exact) mass is 407 g/mol. The van der Waals surface area contributed by atoms with E-state index in [4.69, 9.17) is 4.74 Å². The van der Waals surface area contributed by atoms with Crippen molar-refractivity contribution in [3.63, 3.8) is 0 Å². The van der Waals surface area contributed by atoms with Crippen LogP contribution in [0.5, 0.6) is 0 Å². The van der Waals surface area contributed by atoms with Gasteiger partial charge in [0.25, 0.3) is 5.91 Å². The molecule has 158 valence electrons. The first kappa shape index (κ1) is 21.8. The molecule has 0 N–H and O–H groups in total. The molecule has 1 atom stereocenters. The van der Waals surface area contributed by atoms with E-state index in [-0.39, 0.29) is 37.2 Å². The van der Waals surface area contributed by atoms with E-state index in [1.54, 1.807) is 11.9 Å². The molecule has 1 amide bonds. The fourth-order valence-electron chi connectivity index (χ4n) is 3.75. The quantitative estimate of drug-likeness (QED) is 0.484. The van der Waals surface area contributed by atoms with Gasteiger partial charge < -0.3 is 9.64 Å². The van der Waals surface area contributed by atoms with Crippen LogP contribution in [0.2, 0.25) is 0 Å². The van der Waals surface area contributed by atoms with Crippen molar-refractivity contribution < 1.29 is 19.1 Å². The average molecular weight is 408 g/mol. The Morgan fingerprint density at radius 2 is 1.67 bits per heavy atom. The number of amides is 1. The molecule has 5 nitrogen and oxygen atoms in total. The van der Waals surface area contributed by atoms with Crippen LogP contribution in [-0.2, 0) is 27.2 Å². The van der Waals surface area contributed by atoms with E-state index in [9.17, 15) is 14.4 Å². The minimum Gasteiger partial charge on any atom is -0.456 e. The predicted molar refractivity (Wildman–Crippen MR) is 115 cm³/mol. The summed E-state index contributed by atoms with van der Waals surface area (Å²) in [5, 5.41) is 0. The zero-order chi connectivity index (χ0) is 21.5. The van der Waals surface area contributed by atoms with Crippen LogP contribution in [0.1, 0.15) is 65.7 Å². The van der Waals surface area contributed by atoms with E-state index in [0.29, 0.717) is 5.56 Å². The van der Waals surface area contributed by atoms with Gasteiger partial charge in [0.05, 0.1) is 12.5 Å². The number of benzene rings is 2. The van der Waals surface area contributed by atoms with Crippen molar-refractivity contribution in [2.24, 2.45) is 0 Å². The predicted octanol–water partition coefficient (Wildman–Crippen LogP) is 4.29. The first-order valence-corrected chi connectivity index (χ1v) is 10.6. The SMILES string of the molecule is C[C@H](c1ccccc1)N(C)C(=O)COC(=O)CCC(=O)c1ccc2c(c1)CCCC2. The van der Waals surface area contributed by atoms with Crippen LogP contribution in [-0.4, -0.2) is 36.2 Å². The highest BCUT2D eigenvalue weighted by molar-refractivity contribution is 5.97. The number of esters is 1. The van der Waals surface area contributed by atoms with Gasteiger partial charge in [-0.05, 0) is 55.4 Å². The fourth-order valence-corrected chi connectivity index (χ4v) is 3.75. The largest absolute Gasteiger partial charge is 0.456 e. The Kier molecular flexibility index (Phi) is 7.39. The molecule has 0 unspecified atom stereocenters. The fraction of sp³-hybridized carbons (Fsp3) is 0.400. The Bertz CT molecular complexity index is 907. The maximum atomic E-state index is 12.4. The number of ketones is 1. The zero-order valence-corrected chi connectivity index (χ0v) is 17.7. The average Bonchev–Trinajstić information content (AvgIpc) is 2.80. The highest BCUT2D eigenvalue weighted by Crippen LogP contribution is 2.23. The molecule has 0 saturated carbocycles. The number of likely N-dealkylation sites (N-methyl/N-ethyl adjacent to an activating group) is 1. The third kappa shape index (κ3) is 5.56. The normalized spacial score (nSPS) is 13.8. The topological polar surface area (TPSA) is 63.7 Å². The molecule has 0 fully saturated rings. The number of nitrogens with zero attached hydrogens (tertiary/aromatic N) is 1. The molecule has 0 radical (unpaired) electrons. The van der Waals surface area contributed by atoms with Crippen molar-refractivity contribution in [2.45, 2.75) is 51.5 Å². The van der Waals surface area contributed by atoms with Crippen LogP contribution < -0.4 is 0 Å². The number of rotatable bonds is 8. The van der Waals surface area contributed by atoms with Crippen molar-refractivity contribution in [1.82, 2.24) is 4.90 Å². The third-order valence-electron chi connectivity index (χ3n) is 5.84. The number of ether oxygens (including phenoxy) is 1. The molecule has 0 spiro atoms. The van der Waals surface area contributed by atoms with Crippen LogP contribution >= 0.6 is 0 Å². The number of Topliss-reactive ketones (excluding diaryl/α,β-unsaturated/α-hetero) is 1. The van der Waals surface area contributed by atoms with Gasteiger partial charge in [-0.1, -0.05) is 42.5 Å². The summed E-state index contributed by atoms with van der Waals surface area (Å²) in [5.74, 6) is -0.877. The summed E-state index contributed by atoms with van der Waals surface area (Å²) in [6.45, 7) is 1.60.